The van der Waals surface area contributed by atoms with Gasteiger partial charge in [0.2, 0.25) is 0 Å². The molecule has 1 aromatic rings. The molecule has 9 heteroatoms. The Balaban J connectivity index is 1.41. The van der Waals surface area contributed by atoms with Crippen molar-refractivity contribution in [2.45, 2.75) is 118 Å². The molecule has 4 saturated carbocycles. The van der Waals surface area contributed by atoms with Gasteiger partial charge in [0.15, 0.2) is 17.2 Å². The van der Waals surface area contributed by atoms with Crippen LogP contribution in [-0.2, 0) is 4.74 Å². The van der Waals surface area contributed by atoms with Gasteiger partial charge in [0, 0.05) is 0 Å². The summed E-state index contributed by atoms with van der Waals surface area (Å²) in [6, 6.07) is 1.98. The minimum atomic E-state index is -1.39. The van der Waals surface area contributed by atoms with Gasteiger partial charge in [-0.15, -0.1) is 0 Å². The summed E-state index contributed by atoms with van der Waals surface area (Å²) in [5.41, 5.74) is -1.88. The maximum atomic E-state index is 13.2. The second-order valence-corrected chi connectivity index (χ2v) is 17.6. The Morgan fingerprint density at radius 1 is 0.826 bits per heavy atom. The molecule has 3 unspecified atom stereocenters. The van der Waals surface area contributed by atoms with Gasteiger partial charge in [-0.3, -0.25) is 0 Å². The summed E-state index contributed by atoms with van der Waals surface area (Å²) in [6.45, 7) is 15.0. The normalized spacial score (nSPS) is 45.7. The Kier molecular flexibility index (Phi) is 7.54. The molecule has 6 rings (SSSR count). The number of ether oxygens (including phenoxy) is 1. The number of esters is 1. The molecule has 0 saturated heterocycles. The number of aliphatic hydroxyl groups is 4. The molecule has 256 valence electrons. The highest BCUT2D eigenvalue weighted by molar-refractivity contribution is 5.91. The summed E-state index contributed by atoms with van der Waals surface area (Å²) < 4.78 is 5.77. The largest absolute Gasteiger partial charge is 0.504 e. The number of aliphatic hydroxyl groups excluding tert-OH is 4. The molecule has 0 heterocycles. The van der Waals surface area contributed by atoms with Crippen molar-refractivity contribution in [3.8, 4) is 17.2 Å². The van der Waals surface area contributed by atoms with Crippen LogP contribution >= 0.6 is 0 Å². The van der Waals surface area contributed by atoms with Crippen LogP contribution in [0, 0.1) is 50.2 Å². The van der Waals surface area contributed by atoms with Crippen LogP contribution < -0.4 is 0 Å². The van der Waals surface area contributed by atoms with Crippen molar-refractivity contribution in [2.75, 3.05) is 6.61 Å². The number of carbonyl (C=O) groups excluding carboxylic acids is 1. The Hall–Kier alpha value is -2.33. The molecule has 9 nitrogen and oxygen atoms in total. The van der Waals surface area contributed by atoms with Crippen molar-refractivity contribution in [1.82, 2.24) is 0 Å². The van der Waals surface area contributed by atoms with Crippen LogP contribution in [0.15, 0.2) is 23.8 Å². The Labute approximate surface area is 272 Å². The van der Waals surface area contributed by atoms with Gasteiger partial charge >= 0.3 is 5.97 Å². The molecule has 1 aromatic carbocycles. The number of carbonyl (C=O) groups is 1. The van der Waals surface area contributed by atoms with E-state index in [1.54, 1.807) is 0 Å². The lowest BCUT2D eigenvalue weighted by Crippen LogP contribution is -2.71. The standard InChI is InChI=1S/C37H54O9/c1-32(2)16-21-20-8-9-25-34(5)12-11-26(40)33(3,4)24(34)10-13-35(25,6)36(20,7)17-27(41)37(21,30(44)29(32)43)18-46-31(45)19-14-22(38)28(42)23(39)15-19/h8,14-15,21,24-27,29-30,38-44H,9-13,16-18H2,1-7H3/t21-,24?,25?,26-,27-,29?,30-,34-,35+,36+,37-/m0/s1. The minimum absolute atomic E-state index is 0.0125. The molecule has 0 amide bonds. The Morgan fingerprint density at radius 2 is 1.46 bits per heavy atom. The lowest BCUT2D eigenvalue weighted by atomic mass is 9.33. The van der Waals surface area contributed by atoms with E-state index in [9.17, 15) is 40.5 Å². The number of phenols is 3. The minimum Gasteiger partial charge on any atom is -0.504 e. The molecule has 46 heavy (non-hydrogen) atoms. The summed E-state index contributed by atoms with van der Waals surface area (Å²) in [6.07, 6.45) is 3.63. The van der Waals surface area contributed by atoms with E-state index in [0.29, 0.717) is 24.7 Å². The van der Waals surface area contributed by atoms with E-state index in [1.165, 1.54) is 0 Å². The van der Waals surface area contributed by atoms with Crippen molar-refractivity contribution < 1.29 is 45.3 Å². The maximum absolute atomic E-state index is 13.2. The molecule has 0 radical (unpaired) electrons. The van der Waals surface area contributed by atoms with Crippen molar-refractivity contribution in [3.63, 3.8) is 0 Å². The molecule has 0 spiro atoms. The fourth-order valence-corrected chi connectivity index (χ4v) is 11.9. The molecule has 5 aliphatic carbocycles. The molecule has 0 bridgehead atoms. The number of fused-ring (bicyclic) bond motifs is 7. The zero-order valence-electron chi connectivity index (χ0n) is 28.4. The second-order valence-electron chi connectivity index (χ2n) is 17.6. The average Bonchev–Trinajstić information content (AvgIpc) is 2.96. The number of allylic oxidation sites excluding steroid dienone is 2. The van der Waals surface area contributed by atoms with E-state index in [-0.39, 0.29) is 34.5 Å². The van der Waals surface area contributed by atoms with Crippen LogP contribution in [0.1, 0.15) is 104 Å². The number of hydrogen-bond donors (Lipinski definition) is 7. The van der Waals surface area contributed by atoms with Crippen LogP contribution in [0.3, 0.4) is 0 Å². The van der Waals surface area contributed by atoms with Gasteiger partial charge in [-0.2, -0.15) is 0 Å². The highest BCUT2D eigenvalue weighted by Gasteiger charge is 2.72. The summed E-state index contributed by atoms with van der Waals surface area (Å²) in [7, 11) is 0. The molecule has 0 aromatic heterocycles. The van der Waals surface area contributed by atoms with Crippen LogP contribution in [0.2, 0.25) is 0 Å². The first-order valence-electron chi connectivity index (χ1n) is 17.0. The second kappa shape index (κ2) is 10.3. The number of phenolic OH excluding ortho intramolecular Hbond substituents is 3. The van der Waals surface area contributed by atoms with Gasteiger partial charge in [0.05, 0.1) is 35.4 Å². The van der Waals surface area contributed by atoms with Crippen molar-refractivity contribution in [2.24, 2.45) is 50.2 Å². The van der Waals surface area contributed by atoms with Crippen molar-refractivity contribution >= 4 is 5.97 Å². The van der Waals surface area contributed by atoms with Crippen LogP contribution in [-0.4, -0.2) is 72.7 Å². The number of rotatable bonds is 3. The van der Waals surface area contributed by atoms with E-state index in [4.69, 9.17) is 4.74 Å². The Morgan fingerprint density at radius 3 is 2.09 bits per heavy atom. The Bertz CT molecular complexity index is 1430. The third kappa shape index (κ3) is 4.23. The van der Waals surface area contributed by atoms with E-state index >= 15 is 0 Å². The summed E-state index contributed by atoms with van der Waals surface area (Å²) in [5, 5.41) is 76.3. The first-order valence-corrected chi connectivity index (χ1v) is 17.0. The zero-order valence-corrected chi connectivity index (χ0v) is 28.4. The average molecular weight is 643 g/mol. The predicted molar refractivity (Wildman–Crippen MR) is 171 cm³/mol. The third-order valence-electron chi connectivity index (χ3n) is 14.9. The SMILES string of the molecule is CC1(C)C[C@H]2C3=CCC4[C@@]5(C)CC[C@H](O)C(C)(C)C5CC[C@@]4(C)[C@]3(C)C[C@H](O)[C@@]2(COC(=O)c2cc(O)c(O)c(O)c2)[C@@H](O)C1O. The fourth-order valence-electron chi connectivity index (χ4n) is 11.9. The van der Waals surface area contributed by atoms with Gasteiger partial charge in [-0.1, -0.05) is 60.1 Å². The summed E-state index contributed by atoms with van der Waals surface area (Å²) in [4.78, 5) is 13.2. The van der Waals surface area contributed by atoms with E-state index < -0.39 is 63.7 Å². The first-order chi connectivity index (χ1) is 21.2. The van der Waals surface area contributed by atoms with Gasteiger partial charge in [-0.05, 0) is 102 Å². The molecular formula is C37H54O9. The van der Waals surface area contributed by atoms with E-state index in [0.717, 1.165) is 49.8 Å². The molecule has 4 fully saturated rings. The third-order valence-corrected chi connectivity index (χ3v) is 14.9. The molecule has 5 aliphatic rings. The molecule has 0 aliphatic heterocycles. The predicted octanol–water partition coefficient (Wildman–Crippen LogP) is 5.04. The number of benzene rings is 1. The van der Waals surface area contributed by atoms with Crippen LogP contribution in [0.25, 0.3) is 0 Å². The highest BCUT2D eigenvalue weighted by Crippen LogP contribution is 2.75. The monoisotopic (exact) mass is 642 g/mol. The summed E-state index contributed by atoms with van der Waals surface area (Å²) >= 11 is 0. The van der Waals surface area contributed by atoms with Crippen molar-refractivity contribution in [3.05, 3.63) is 29.3 Å². The summed E-state index contributed by atoms with van der Waals surface area (Å²) in [5.74, 6) is -2.70. The maximum Gasteiger partial charge on any atom is 0.338 e. The van der Waals surface area contributed by atoms with Crippen molar-refractivity contribution in [1.29, 1.82) is 0 Å². The lowest BCUT2D eigenvalue weighted by Gasteiger charge is -2.72. The zero-order chi connectivity index (χ0) is 34.0. The number of hydrogen-bond acceptors (Lipinski definition) is 9. The lowest BCUT2D eigenvalue weighted by molar-refractivity contribution is -0.257. The van der Waals surface area contributed by atoms with E-state index in [1.807, 2.05) is 13.8 Å². The smallest absolute Gasteiger partial charge is 0.338 e. The highest BCUT2D eigenvalue weighted by atomic mass is 16.5. The number of aromatic hydroxyl groups is 3. The first kappa shape index (κ1) is 33.6. The molecule has 7 N–H and O–H groups in total. The van der Waals surface area contributed by atoms with Gasteiger partial charge in [0.1, 0.15) is 6.61 Å². The van der Waals surface area contributed by atoms with Crippen LogP contribution in [0.5, 0.6) is 17.2 Å². The molecular weight excluding hydrogens is 588 g/mol. The topological polar surface area (TPSA) is 168 Å². The van der Waals surface area contributed by atoms with Crippen LogP contribution in [0.4, 0.5) is 0 Å². The van der Waals surface area contributed by atoms with Gasteiger partial charge < -0.3 is 40.5 Å². The quantitative estimate of drug-likeness (QED) is 0.136. The molecule has 11 atom stereocenters. The van der Waals surface area contributed by atoms with E-state index in [2.05, 4.69) is 40.7 Å². The fraction of sp³-hybridized carbons (Fsp3) is 0.757. The van der Waals surface area contributed by atoms with Gasteiger partial charge in [0.25, 0.3) is 0 Å². The van der Waals surface area contributed by atoms with Gasteiger partial charge in [-0.25, -0.2) is 4.79 Å².